The molecule has 1 rings (SSSR count). The third-order valence-electron chi connectivity index (χ3n) is 3.63. The molecule has 0 spiro atoms. The summed E-state index contributed by atoms with van der Waals surface area (Å²) in [5, 5.41) is 21.0. The summed E-state index contributed by atoms with van der Waals surface area (Å²) >= 11 is 0. The lowest BCUT2D eigenvalue weighted by Gasteiger charge is -2.35. The number of nitrogens with one attached hydrogen (secondary N) is 1. The summed E-state index contributed by atoms with van der Waals surface area (Å²) < 4.78 is 0. The van der Waals surface area contributed by atoms with E-state index in [2.05, 4.69) is 5.32 Å². The number of aromatic hydroxyl groups is 1. The summed E-state index contributed by atoms with van der Waals surface area (Å²) in [6.07, 6.45) is 0. The van der Waals surface area contributed by atoms with Crippen molar-refractivity contribution in [2.45, 2.75) is 33.7 Å². The number of phenols is 1. The van der Waals surface area contributed by atoms with Gasteiger partial charge >= 0.3 is 12.0 Å². The first-order chi connectivity index (χ1) is 9.54. The maximum atomic E-state index is 12.2. The maximum absolute atomic E-state index is 12.2. The average Bonchev–Trinajstić information content (AvgIpc) is 2.37. The summed E-state index contributed by atoms with van der Waals surface area (Å²) in [6.45, 7) is 8.04. The highest BCUT2D eigenvalue weighted by molar-refractivity contribution is 5.95. The summed E-state index contributed by atoms with van der Waals surface area (Å²) in [5.41, 5.74) is -0.00438. The van der Waals surface area contributed by atoms with E-state index < -0.39 is 5.97 Å². The fourth-order valence-corrected chi connectivity index (χ4v) is 1.75. The number of carboxylic acids is 1. The third kappa shape index (κ3) is 4.11. The predicted molar refractivity (Wildman–Crippen MR) is 80.8 cm³/mol. The molecule has 0 fully saturated rings. The molecule has 0 saturated heterocycles. The Hall–Kier alpha value is -2.24. The first kappa shape index (κ1) is 16.8. The van der Waals surface area contributed by atoms with Gasteiger partial charge in [0.15, 0.2) is 0 Å². The monoisotopic (exact) mass is 294 g/mol. The average molecular weight is 294 g/mol. The molecule has 0 aliphatic heterocycles. The van der Waals surface area contributed by atoms with Crippen molar-refractivity contribution in [1.82, 2.24) is 4.90 Å². The molecule has 0 aromatic heterocycles. The van der Waals surface area contributed by atoms with E-state index in [1.54, 1.807) is 11.9 Å². The lowest BCUT2D eigenvalue weighted by molar-refractivity contribution is 0.0693. The van der Waals surface area contributed by atoms with Gasteiger partial charge in [0.05, 0.1) is 0 Å². The van der Waals surface area contributed by atoms with Crippen LogP contribution >= 0.6 is 0 Å². The van der Waals surface area contributed by atoms with E-state index in [0.717, 1.165) is 0 Å². The van der Waals surface area contributed by atoms with Crippen LogP contribution < -0.4 is 5.32 Å². The van der Waals surface area contributed by atoms with Gasteiger partial charge in [-0.3, -0.25) is 0 Å². The lowest BCUT2D eigenvalue weighted by atomic mass is 9.87. The highest BCUT2D eigenvalue weighted by atomic mass is 16.4. The van der Waals surface area contributed by atoms with E-state index in [9.17, 15) is 14.7 Å². The molecule has 0 saturated carbocycles. The number of carbonyl (C=O) groups is 2. The van der Waals surface area contributed by atoms with Gasteiger partial charge in [-0.25, -0.2) is 9.59 Å². The van der Waals surface area contributed by atoms with Gasteiger partial charge in [-0.1, -0.05) is 20.8 Å². The van der Waals surface area contributed by atoms with E-state index >= 15 is 0 Å². The van der Waals surface area contributed by atoms with Crippen molar-refractivity contribution in [3.8, 4) is 5.75 Å². The van der Waals surface area contributed by atoms with Crippen LogP contribution in [-0.4, -0.2) is 40.2 Å². The van der Waals surface area contributed by atoms with Crippen molar-refractivity contribution in [3.05, 3.63) is 23.8 Å². The van der Waals surface area contributed by atoms with Crippen LogP contribution in [-0.2, 0) is 0 Å². The third-order valence-corrected chi connectivity index (χ3v) is 3.63. The molecule has 0 radical (unpaired) electrons. The molecule has 0 heterocycles. The number of anilines is 1. The number of urea groups is 1. The molecule has 6 nitrogen and oxygen atoms in total. The minimum Gasteiger partial charge on any atom is -0.507 e. The van der Waals surface area contributed by atoms with Gasteiger partial charge in [-0.2, -0.15) is 0 Å². The van der Waals surface area contributed by atoms with E-state index in [1.165, 1.54) is 18.2 Å². The van der Waals surface area contributed by atoms with Gasteiger partial charge in [0, 0.05) is 18.8 Å². The maximum Gasteiger partial charge on any atom is 0.339 e. The molecule has 0 bridgehead atoms. The molecular formula is C15H22N2O4. The van der Waals surface area contributed by atoms with Gasteiger partial charge in [0.25, 0.3) is 0 Å². The molecule has 21 heavy (non-hydrogen) atoms. The van der Waals surface area contributed by atoms with Crippen LogP contribution in [0.4, 0.5) is 10.5 Å². The second-order valence-corrected chi connectivity index (χ2v) is 6.12. The Morgan fingerprint density at radius 1 is 1.29 bits per heavy atom. The van der Waals surface area contributed by atoms with E-state index in [-0.39, 0.29) is 28.8 Å². The molecule has 1 aromatic rings. The first-order valence-electron chi connectivity index (χ1n) is 6.64. The molecule has 1 unspecified atom stereocenters. The fraction of sp³-hybridized carbons (Fsp3) is 0.467. The van der Waals surface area contributed by atoms with E-state index in [4.69, 9.17) is 5.11 Å². The van der Waals surface area contributed by atoms with Gasteiger partial charge in [-0.05, 0) is 30.5 Å². The summed E-state index contributed by atoms with van der Waals surface area (Å²) in [5.74, 6) is -1.59. The quantitative estimate of drug-likeness (QED) is 0.747. The van der Waals surface area contributed by atoms with Crippen LogP contribution in [0.3, 0.4) is 0 Å². The number of rotatable bonds is 3. The Balaban J connectivity index is 2.89. The van der Waals surface area contributed by atoms with Crippen LogP contribution in [0, 0.1) is 5.41 Å². The largest absolute Gasteiger partial charge is 0.507 e. The Morgan fingerprint density at radius 2 is 1.86 bits per heavy atom. The van der Waals surface area contributed by atoms with Crippen LogP contribution in [0.1, 0.15) is 38.1 Å². The zero-order chi connectivity index (χ0) is 16.4. The molecule has 116 valence electrons. The number of hydrogen-bond donors (Lipinski definition) is 3. The van der Waals surface area contributed by atoms with Crippen molar-refractivity contribution in [2.75, 3.05) is 12.4 Å². The SMILES string of the molecule is CC(N(C)C(=O)Nc1ccc(O)c(C(=O)O)c1)C(C)(C)C. The van der Waals surface area contributed by atoms with Gasteiger partial charge in [-0.15, -0.1) is 0 Å². The number of nitrogens with zero attached hydrogens (tertiary/aromatic N) is 1. The number of hydrogen-bond acceptors (Lipinski definition) is 3. The standard InChI is InChI=1S/C15H22N2O4/c1-9(15(2,3)4)17(5)14(21)16-10-6-7-12(18)11(8-10)13(19)20/h6-9,18H,1-5H3,(H,16,21)(H,19,20). The molecule has 0 aliphatic carbocycles. The highest BCUT2D eigenvalue weighted by Crippen LogP contribution is 2.25. The molecular weight excluding hydrogens is 272 g/mol. The number of carboxylic acid groups (broad SMARTS) is 1. The summed E-state index contributed by atoms with van der Waals surface area (Å²) in [4.78, 5) is 24.7. The molecule has 6 heteroatoms. The minimum atomic E-state index is -1.25. The summed E-state index contributed by atoms with van der Waals surface area (Å²) in [6, 6.07) is 3.58. The van der Waals surface area contributed by atoms with E-state index in [0.29, 0.717) is 5.69 Å². The fourth-order valence-electron chi connectivity index (χ4n) is 1.75. The minimum absolute atomic E-state index is 0.00596. The highest BCUT2D eigenvalue weighted by Gasteiger charge is 2.27. The van der Waals surface area contributed by atoms with Crippen LogP contribution in [0.2, 0.25) is 0 Å². The van der Waals surface area contributed by atoms with Gasteiger partial charge in [0.2, 0.25) is 0 Å². The van der Waals surface area contributed by atoms with Crippen molar-refractivity contribution in [1.29, 1.82) is 0 Å². The smallest absolute Gasteiger partial charge is 0.339 e. The zero-order valence-corrected chi connectivity index (χ0v) is 13.0. The summed E-state index contributed by atoms with van der Waals surface area (Å²) in [7, 11) is 1.68. The van der Waals surface area contributed by atoms with Gasteiger partial charge < -0.3 is 20.4 Å². The predicted octanol–water partition coefficient (Wildman–Crippen LogP) is 2.99. The van der Waals surface area contributed by atoms with Crippen LogP contribution in [0.15, 0.2) is 18.2 Å². The van der Waals surface area contributed by atoms with Crippen LogP contribution in [0.5, 0.6) is 5.75 Å². The molecule has 0 aliphatic rings. The van der Waals surface area contributed by atoms with Crippen molar-refractivity contribution in [3.63, 3.8) is 0 Å². The first-order valence-corrected chi connectivity index (χ1v) is 6.64. The molecule has 2 amide bonds. The zero-order valence-electron chi connectivity index (χ0n) is 13.0. The van der Waals surface area contributed by atoms with Crippen molar-refractivity contribution >= 4 is 17.7 Å². The number of amides is 2. The number of benzene rings is 1. The second kappa shape index (κ2) is 6.03. The molecule has 1 atom stereocenters. The van der Waals surface area contributed by atoms with Gasteiger partial charge in [0.1, 0.15) is 11.3 Å². The topological polar surface area (TPSA) is 89.9 Å². The van der Waals surface area contributed by atoms with E-state index in [1.807, 2.05) is 27.7 Å². The van der Waals surface area contributed by atoms with Crippen molar-refractivity contribution in [2.24, 2.45) is 5.41 Å². The van der Waals surface area contributed by atoms with Crippen LogP contribution in [0.25, 0.3) is 0 Å². The van der Waals surface area contributed by atoms with Crippen molar-refractivity contribution < 1.29 is 19.8 Å². The number of carbonyl (C=O) groups excluding carboxylic acids is 1. The number of aromatic carboxylic acids is 1. The second-order valence-electron chi connectivity index (χ2n) is 6.12. The lowest BCUT2D eigenvalue weighted by Crippen LogP contribution is -2.44. The Morgan fingerprint density at radius 3 is 2.33 bits per heavy atom. The molecule has 1 aromatic carbocycles. The Bertz CT molecular complexity index is 549. The normalized spacial score (nSPS) is 12.6. The molecule has 3 N–H and O–H groups in total. The Labute approximate surface area is 124 Å². The Kier molecular flexibility index (Phi) is 4.83.